The van der Waals surface area contributed by atoms with E-state index in [1.54, 1.807) is 7.05 Å². The van der Waals surface area contributed by atoms with Crippen LogP contribution in [0.15, 0.2) is 4.99 Å². The van der Waals surface area contributed by atoms with E-state index < -0.39 is 0 Å². The minimum Gasteiger partial charge on any atom is -0.356 e. The first-order chi connectivity index (χ1) is 11.0. The third kappa shape index (κ3) is 9.08. The Morgan fingerprint density at radius 1 is 1.17 bits per heavy atom. The third-order valence-corrected chi connectivity index (χ3v) is 4.94. The first-order valence-corrected chi connectivity index (χ1v) is 9.22. The zero-order valence-electron chi connectivity index (χ0n) is 16.0. The van der Waals surface area contributed by atoms with Crippen molar-refractivity contribution in [2.45, 2.75) is 78.3 Å². The lowest BCUT2D eigenvalue weighted by molar-refractivity contribution is -0.121. The second kappa shape index (κ2) is 12.8. The number of guanidine groups is 1. The van der Waals surface area contributed by atoms with Gasteiger partial charge in [-0.25, -0.2) is 0 Å². The molecule has 1 amide bonds. The number of nitrogens with zero attached hydrogens (tertiary/aromatic N) is 1. The van der Waals surface area contributed by atoms with E-state index in [0.717, 1.165) is 24.2 Å². The van der Waals surface area contributed by atoms with Crippen LogP contribution in [0.5, 0.6) is 0 Å². The van der Waals surface area contributed by atoms with E-state index in [1.807, 2.05) is 6.92 Å². The van der Waals surface area contributed by atoms with Gasteiger partial charge in [0.1, 0.15) is 0 Å². The molecular weight excluding hydrogens is 415 g/mol. The lowest BCUT2D eigenvalue weighted by Gasteiger charge is -2.32. The molecule has 0 saturated heterocycles. The molecule has 24 heavy (non-hydrogen) atoms. The Balaban J connectivity index is 0.00000529. The molecule has 0 aromatic rings. The monoisotopic (exact) mass is 452 g/mol. The lowest BCUT2D eigenvalue weighted by atomic mass is 9.80. The van der Waals surface area contributed by atoms with Crippen LogP contribution < -0.4 is 16.0 Å². The maximum Gasteiger partial charge on any atom is 0.221 e. The molecule has 1 atom stereocenters. The Bertz CT molecular complexity index is 379. The van der Waals surface area contributed by atoms with Gasteiger partial charge in [-0.05, 0) is 50.9 Å². The molecule has 1 aliphatic carbocycles. The fourth-order valence-corrected chi connectivity index (χ4v) is 3.06. The lowest BCUT2D eigenvalue weighted by Crippen LogP contribution is -2.46. The minimum absolute atomic E-state index is 0. The summed E-state index contributed by atoms with van der Waals surface area (Å²) in [6, 6.07) is 0.751. The molecule has 1 unspecified atom stereocenters. The number of halogens is 1. The van der Waals surface area contributed by atoms with Crippen molar-refractivity contribution in [2.75, 3.05) is 13.6 Å². The van der Waals surface area contributed by atoms with Crippen molar-refractivity contribution in [3.8, 4) is 0 Å². The van der Waals surface area contributed by atoms with Crippen molar-refractivity contribution in [3.63, 3.8) is 0 Å². The van der Waals surface area contributed by atoms with E-state index in [0.29, 0.717) is 19.0 Å². The van der Waals surface area contributed by atoms with Crippen LogP contribution in [-0.4, -0.2) is 37.5 Å². The highest BCUT2D eigenvalue weighted by molar-refractivity contribution is 14.0. The largest absolute Gasteiger partial charge is 0.356 e. The van der Waals surface area contributed by atoms with E-state index in [1.165, 1.54) is 25.7 Å². The normalized spacial score (nSPS) is 22.5. The van der Waals surface area contributed by atoms with E-state index in [2.05, 4.69) is 41.7 Å². The molecule has 1 rings (SSSR count). The van der Waals surface area contributed by atoms with Gasteiger partial charge in [-0.15, -0.1) is 24.0 Å². The molecule has 1 fully saturated rings. The van der Waals surface area contributed by atoms with Crippen LogP contribution >= 0.6 is 24.0 Å². The molecule has 0 aliphatic heterocycles. The number of nitrogens with one attached hydrogen (secondary N) is 3. The number of amides is 1. The fraction of sp³-hybridized carbons (Fsp3) is 0.889. The van der Waals surface area contributed by atoms with Crippen LogP contribution in [-0.2, 0) is 4.79 Å². The summed E-state index contributed by atoms with van der Waals surface area (Å²) in [4.78, 5) is 16.0. The Labute approximate surface area is 165 Å². The summed E-state index contributed by atoms with van der Waals surface area (Å²) in [6.07, 6.45) is 6.44. The molecule has 142 valence electrons. The van der Waals surface area contributed by atoms with E-state index >= 15 is 0 Å². The first kappa shape index (κ1) is 23.5. The quantitative estimate of drug-likeness (QED) is 0.316. The van der Waals surface area contributed by atoms with Crippen molar-refractivity contribution in [3.05, 3.63) is 0 Å². The molecular formula is C18H37IN4O. The third-order valence-electron chi connectivity index (χ3n) is 4.94. The van der Waals surface area contributed by atoms with Crippen molar-refractivity contribution < 1.29 is 4.79 Å². The van der Waals surface area contributed by atoms with Gasteiger partial charge in [0.05, 0.1) is 0 Å². The van der Waals surface area contributed by atoms with Gasteiger partial charge in [0, 0.05) is 32.1 Å². The molecule has 0 spiro atoms. The summed E-state index contributed by atoms with van der Waals surface area (Å²) < 4.78 is 0. The van der Waals surface area contributed by atoms with Gasteiger partial charge in [0.2, 0.25) is 5.91 Å². The highest BCUT2D eigenvalue weighted by atomic mass is 127. The highest BCUT2D eigenvalue weighted by Crippen LogP contribution is 2.29. The molecule has 5 nitrogen and oxygen atoms in total. The summed E-state index contributed by atoms with van der Waals surface area (Å²) >= 11 is 0. The summed E-state index contributed by atoms with van der Waals surface area (Å²) in [5, 5.41) is 9.73. The summed E-state index contributed by atoms with van der Waals surface area (Å²) in [6.45, 7) is 9.36. The van der Waals surface area contributed by atoms with Crippen molar-refractivity contribution >= 4 is 35.8 Å². The zero-order chi connectivity index (χ0) is 17.2. The number of carbonyl (C=O) groups is 1. The van der Waals surface area contributed by atoms with Gasteiger partial charge >= 0.3 is 0 Å². The first-order valence-electron chi connectivity index (χ1n) is 9.22. The topological polar surface area (TPSA) is 65.5 Å². The van der Waals surface area contributed by atoms with Crippen LogP contribution in [0.1, 0.15) is 66.2 Å². The predicted molar refractivity (Wildman–Crippen MR) is 113 cm³/mol. The molecule has 0 bridgehead atoms. The van der Waals surface area contributed by atoms with Crippen molar-refractivity contribution in [1.29, 1.82) is 0 Å². The smallest absolute Gasteiger partial charge is 0.221 e. The van der Waals surface area contributed by atoms with Crippen LogP contribution in [0.2, 0.25) is 0 Å². The minimum atomic E-state index is 0. The van der Waals surface area contributed by atoms with Crippen molar-refractivity contribution in [1.82, 2.24) is 16.0 Å². The van der Waals surface area contributed by atoms with Gasteiger partial charge in [-0.3, -0.25) is 9.79 Å². The number of rotatable bonds is 7. The average Bonchev–Trinajstić information content (AvgIpc) is 2.54. The molecule has 6 heteroatoms. The molecule has 1 saturated carbocycles. The van der Waals surface area contributed by atoms with Gasteiger partial charge in [-0.2, -0.15) is 0 Å². The van der Waals surface area contributed by atoms with Crippen LogP contribution in [0.25, 0.3) is 0 Å². The number of hydrogen-bond donors (Lipinski definition) is 3. The average molecular weight is 452 g/mol. The van der Waals surface area contributed by atoms with E-state index in [-0.39, 0.29) is 35.9 Å². The van der Waals surface area contributed by atoms with Crippen LogP contribution in [0, 0.1) is 11.8 Å². The van der Waals surface area contributed by atoms with Gasteiger partial charge in [-0.1, -0.05) is 20.8 Å². The molecule has 0 radical (unpaired) electrons. The molecule has 0 aromatic heterocycles. The van der Waals surface area contributed by atoms with Crippen molar-refractivity contribution in [2.24, 2.45) is 16.8 Å². The second-order valence-corrected chi connectivity index (χ2v) is 7.13. The Kier molecular flexibility index (Phi) is 12.5. The molecule has 0 aromatic carbocycles. The fourth-order valence-electron chi connectivity index (χ4n) is 3.06. The van der Waals surface area contributed by atoms with Gasteiger partial charge in [0.25, 0.3) is 0 Å². The highest BCUT2D eigenvalue weighted by Gasteiger charge is 2.23. The van der Waals surface area contributed by atoms with Gasteiger partial charge < -0.3 is 16.0 Å². The summed E-state index contributed by atoms with van der Waals surface area (Å²) in [5.41, 5.74) is 0. The SMILES string of the molecule is CCC(C)NC(=O)CCNC(=NC)NC1CCC(C(C)C)CC1.I. The Morgan fingerprint density at radius 2 is 1.79 bits per heavy atom. The zero-order valence-corrected chi connectivity index (χ0v) is 18.4. The Morgan fingerprint density at radius 3 is 2.29 bits per heavy atom. The Hall–Kier alpha value is -0.530. The van der Waals surface area contributed by atoms with Crippen LogP contribution in [0.3, 0.4) is 0 Å². The maximum absolute atomic E-state index is 11.8. The standard InChI is InChI=1S/C18H36N4O.HI/c1-6-14(4)21-17(23)11-12-20-18(19-5)22-16-9-7-15(8-10-16)13(2)3;/h13-16H,6-12H2,1-5H3,(H,21,23)(H2,19,20,22);1H. The molecule has 0 heterocycles. The number of hydrogen-bond acceptors (Lipinski definition) is 2. The second-order valence-electron chi connectivity index (χ2n) is 7.13. The summed E-state index contributed by atoms with van der Waals surface area (Å²) in [7, 11) is 1.79. The summed E-state index contributed by atoms with van der Waals surface area (Å²) in [5.74, 6) is 2.57. The molecule has 1 aliphatic rings. The van der Waals surface area contributed by atoms with E-state index in [9.17, 15) is 4.79 Å². The van der Waals surface area contributed by atoms with Crippen LogP contribution in [0.4, 0.5) is 0 Å². The maximum atomic E-state index is 11.8. The predicted octanol–water partition coefficient (Wildman–Crippen LogP) is 3.29. The number of carbonyl (C=O) groups excluding carboxylic acids is 1. The molecule has 3 N–H and O–H groups in total. The number of aliphatic imine (C=N–C) groups is 1. The van der Waals surface area contributed by atoms with E-state index in [4.69, 9.17) is 0 Å². The van der Waals surface area contributed by atoms with Gasteiger partial charge in [0.15, 0.2) is 5.96 Å².